The third kappa shape index (κ3) is 3.70. The number of urea groups is 1. The number of rotatable bonds is 4. The van der Waals surface area contributed by atoms with E-state index in [0.717, 1.165) is 12.0 Å². The van der Waals surface area contributed by atoms with Gasteiger partial charge in [0.15, 0.2) is 0 Å². The maximum Gasteiger partial charge on any atom is 0.319 e. The molecule has 2 aromatic rings. The molecule has 0 saturated carbocycles. The summed E-state index contributed by atoms with van der Waals surface area (Å²) in [6.45, 7) is 2.01. The van der Waals surface area contributed by atoms with Gasteiger partial charge in [-0.3, -0.25) is 0 Å². The molecule has 0 spiro atoms. The van der Waals surface area contributed by atoms with E-state index < -0.39 is 0 Å². The number of anilines is 1. The van der Waals surface area contributed by atoms with Crippen molar-refractivity contribution < 1.29 is 9.53 Å². The van der Waals surface area contributed by atoms with Gasteiger partial charge in [-0.2, -0.15) is 0 Å². The molecular formula is C20H24N2O2. The minimum Gasteiger partial charge on any atom is -0.495 e. The van der Waals surface area contributed by atoms with Gasteiger partial charge in [0.05, 0.1) is 18.8 Å². The summed E-state index contributed by atoms with van der Waals surface area (Å²) in [6, 6.07) is 13.7. The minimum absolute atomic E-state index is 0.0491. The quantitative estimate of drug-likeness (QED) is 0.872. The van der Waals surface area contributed by atoms with Crippen LogP contribution in [0.15, 0.2) is 42.5 Å². The van der Waals surface area contributed by atoms with Gasteiger partial charge in [0.1, 0.15) is 5.75 Å². The summed E-state index contributed by atoms with van der Waals surface area (Å²) in [7, 11) is 1.59. The zero-order chi connectivity index (χ0) is 16.9. The first-order chi connectivity index (χ1) is 11.7. The fourth-order valence-electron chi connectivity index (χ4n) is 3.21. The summed E-state index contributed by atoms with van der Waals surface area (Å²) in [5.74, 6) is 0.647. The molecule has 3 rings (SSSR count). The Morgan fingerprint density at radius 1 is 1.08 bits per heavy atom. The number of nitrogens with one attached hydrogen (secondary N) is 2. The summed E-state index contributed by atoms with van der Waals surface area (Å²) in [5.41, 5.74) is 4.69. The van der Waals surface area contributed by atoms with Crippen molar-refractivity contribution in [3.05, 3.63) is 59.2 Å². The van der Waals surface area contributed by atoms with Crippen molar-refractivity contribution in [2.24, 2.45) is 0 Å². The predicted molar refractivity (Wildman–Crippen MR) is 96.6 cm³/mol. The molecule has 0 radical (unpaired) electrons. The minimum atomic E-state index is -0.232. The lowest BCUT2D eigenvalue weighted by Gasteiger charge is -2.20. The lowest BCUT2D eigenvalue weighted by atomic mass is 9.89. The molecule has 0 aromatic heterocycles. The van der Waals surface area contributed by atoms with E-state index in [-0.39, 0.29) is 12.1 Å². The van der Waals surface area contributed by atoms with Gasteiger partial charge in [0.2, 0.25) is 0 Å². The molecule has 0 unspecified atom stereocenters. The number of aryl methyl sites for hydroxylation is 2. The molecule has 2 aromatic carbocycles. The SMILES string of the molecule is COc1ccccc1NC(=O)N[C@@H](C)c1ccc2c(c1)CCCC2. The first-order valence-electron chi connectivity index (χ1n) is 8.49. The fourth-order valence-corrected chi connectivity index (χ4v) is 3.21. The van der Waals surface area contributed by atoms with Crippen LogP contribution >= 0.6 is 0 Å². The second-order valence-corrected chi connectivity index (χ2v) is 6.26. The van der Waals surface area contributed by atoms with Crippen LogP contribution in [-0.4, -0.2) is 13.1 Å². The molecule has 126 valence electrons. The molecule has 1 atom stereocenters. The average molecular weight is 324 g/mol. The maximum atomic E-state index is 12.3. The van der Waals surface area contributed by atoms with E-state index in [1.54, 1.807) is 7.11 Å². The predicted octanol–water partition coefficient (Wildman–Crippen LogP) is 4.46. The summed E-state index contributed by atoms with van der Waals surface area (Å²) in [5, 5.41) is 5.85. The molecule has 24 heavy (non-hydrogen) atoms. The zero-order valence-electron chi connectivity index (χ0n) is 14.3. The van der Waals surface area contributed by atoms with Crippen molar-refractivity contribution in [2.45, 2.75) is 38.6 Å². The van der Waals surface area contributed by atoms with E-state index in [1.165, 1.54) is 30.4 Å². The summed E-state index contributed by atoms with van der Waals surface area (Å²) >= 11 is 0. The Hall–Kier alpha value is -2.49. The molecule has 4 heteroatoms. The van der Waals surface area contributed by atoms with Gasteiger partial charge in [-0.1, -0.05) is 30.3 Å². The van der Waals surface area contributed by atoms with E-state index >= 15 is 0 Å². The third-order valence-corrected chi connectivity index (χ3v) is 4.58. The molecule has 0 aliphatic heterocycles. The monoisotopic (exact) mass is 324 g/mol. The smallest absolute Gasteiger partial charge is 0.319 e. The van der Waals surface area contributed by atoms with Gasteiger partial charge in [-0.15, -0.1) is 0 Å². The number of carbonyl (C=O) groups excluding carboxylic acids is 1. The number of fused-ring (bicyclic) bond motifs is 1. The van der Waals surface area contributed by atoms with Gasteiger partial charge >= 0.3 is 6.03 Å². The Morgan fingerprint density at radius 2 is 1.83 bits per heavy atom. The Kier molecular flexibility index (Phi) is 5.04. The highest BCUT2D eigenvalue weighted by Crippen LogP contribution is 2.25. The lowest BCUT2D eigenvalue weighted by Crippen LogP contribution is -2.31. The van der Waals surface area contributed by atoms with Crippen molar-refractivity contribution in [3.63, 3.8) is 0 Å². The van der Waals surface area contributed by atoms with Crippen LogP contribution in [0.5, 0.6) is 5.75 Å². The molecule has 0 bridgehead atoms. The van der Waals surface area contributed by atoms with E-state index in [1.807, 2.05) is 31.2 Å². The van der Waals surface area contributed by atoms with Gasteiger partial charge in [-0.05, 0) is 61.4 Å². The number of benzene rings is 2. The van der Waals surface area contributed by atoms with Gasteiger partial charge in [-0.25, -0.2) is 4.79 Å². The molecule has 0 saturated heterocycles. The Bertz CT molecular complexity index is 727. The van der Waals surface area contributed by atoms with E-state index in [0.29, 0.717) is 11.4 Å². The molecule has 2 amide bonds. The average Bonchev–Trinajstić information content (AvgIpc) is 2.61. The van der Waals surface area contributed by atoms with Crippen LogP contribution in [0, 0.1) is 0 Å². The number of hydrogen-bond acceptors (Lipinski definition) is 2. The van der Waals surface area contributed by atoms with Crippen LogP contribution in [0.4, 0.5) is 10.5 Å². The number of amides is 2. The Labute approximate surface area is 143 Å². The maximum absolute atomic E-state index is 12.3. The topological polar surface area (TPSA) is 50.4 Å². The van der Waals surface area contributed by atoms with Crippen LogP contribution < -0.4 is 15.4 Å². The van der Waals surface area contributed by atoms with E-state index in [9.17, 15) is 4.79 Å². The first kappa shape index (κ1) is 16.4. The van der Waals surface area contributed by atoms with Crippen LogP contribution in [0.25, 0.3) is 0 Å². The number of ether oxygens (including phenoxy) is 1. The normalized spacial score (nSPS) is 14.4. The standard InChI is InChI=1S/C20H24N2O2/c1-14(16-12-11-15-7-3-4-8-17(15)13-16)21-20(23)22-18-9-5-6-10-19(18)24-2/h5-6,9-14H,3-4,7-8H2,1-2H3,(H2,21,22,23)/t14-/m0/s1. The fraction of sp³-hybridized carbons (Fsp3) is 0.350. The number of carbonyl (C=O) groups is 1. The molecule has 1 aliphatic carbocycles. The summed E-state index contributed by atoms with van der Waals surface area (Å²) in [6.07, 6.45) is 4.85. The van der Waals surface area contributed by atoms with Gasteiger partial charge < -0.3 is 15.4 Å². The molecule has 0 heterocycles. The molecular weight excluding hydrogens is 300 g/mol. The summed E-state index contributed by atoms with van der Waals surface area (Å²) in [4.78, 5) is 12.3. The molecule has 2 N–H and O–H groups in total. The van der Waals surface area contributed by atoms with Crippen molar-refractivity contribution in [1.29, 1.82) is 0 Å². The highest BCUT2D eigenvalue weighted by atomic mass is 16.5. The number of para-hydroxylation sites is 2. The van der Waals surface area contributed by atoms with Crippen molar-refractivity contribution >= 4 is 11.7 Å². The van der Waals surface area contributed by atoms with E-state index in [4.69, 9.17) is 4.74 Å². The Balaban J connectivity index is 1.66. The van der Waals surface area contributed by atoms with Gasteiger partial charge in [0.25, 0.3) is 0 Å². The first-order valence-corrected chi connectivity index (χ1v) is 8.49. The van der Waals surface area contributed by atoms with Crippen LogP contribution in [0.3, 0.4) is 0 Å². The van der Waals surface area contributed by atoms with Crippen molar-refractivity contribution in [3.8, 4) is 5.75 Å². The lowest BCUT2D eigenvalue weighted by molar-refractivity contribution is 0.249. The highest BCUT2D eigenvalue weighted by Gasteiger charge is 2.14. The second kappa shape index (κ2) is 7.39. The number of hydrogen-bond donors (Lipinski definition) is 2. The van der Waals surface area contributed by atoms with Gasteiger partial charge in [0, 0.05) is 0 Å². The van der Waals surface area contributed by atoms with Crippen LogP contribution in [0.1, 0.15) is 42.5 Å². The third-order valence-electron chi connectivity index (χ3n) is 4.58. The van der Waals surface area contributed by atoms with Crippen molar-refractivity contribution in [2.75, 3.05) is 12.4 Å². The van der Waals surface area contributed by atoms with Crippen LogP contribution in [0.2, 0.25) is 0 Å². The largest absolute Gasteiger partial charge is 0.495 e. The second-order valence-electron chi connectivity index (χ2n) is 6.26. The Morgan fingerprint density at radius 3 is 2.62 bits per heavy atom. The molecule has 1 aliphatic rings. The molecule has 4 nitrogen and oxygen atoms in total. The summed E-state index contributed by atoms with van der Waals surface area (Å²) < 4.78 is 5.26. The number of methoxy groups -OCH3 is 1. The van der Waals surface area contributed by atoms with Crippen LogP contribution in [-0.2, 0) is 12.8 Å². The highest BCUT2D eigenvalue weighted by molar-refractivity contribution is 5.91. The molecule has 0 fully saturated rings. The zero-order valence-corrected chi connectivity index (χ0v) is 14.3. The van der Waals surface area contributed by atoms with E-state index in [2.05, 4.69) is 28.8 Å². The van der Waals surface area contributed by atoms with Crippen molar-refractivity contribution in [1.82, 2.24) is 5.32 Å².